The summed E-state index contributed by atoms with van der Waals surface area (Å²) in [7, 11) is 0. The number of hydrogen-bond donors (Lipinski definition) is 2. The van der Waals surface area contributed by atoms with E-state index in [9.17, 15) is 4.79 Å². The van der Waals surface area contributed by atoms with Gasteiger partial charge in [-0.1, -0.05) is 0 Å². The van der Waals surface area contributed by atoms with Gasteiger partial charge in [-0.15, -0.1) is 11.3 Å². The van der Waals surface area contributed by atoms with E-state index in [1.807, 2.05) is 41.8 Å². The van der Waals surface area contributed by atoms with Crippen molar-refractivity contribution in [2.75, 3.05) is 11.5 Å². The normalized spacial score (nSPS) is 16.8. The van der Waals surface area contributed by atoms with Crippen molar-refractivity contribution in [1.29, 1.82) is 0 Å². The first-order chi connectivity index (χ1) is 13.3. The van der Waals surface area contributed by atoms with Crippen molar-refractivity contribution in [2.45, 2.75) is 12.5 Å². The van der Waals surface area contributed by atoms with Crippen molar-refractivity contribution in [2.24, 2.45) is 0 Å². The fourth-order valence-corrected chi connectivity index (χ4v) is 5.10. The first-order valence-corrected chi connectivity index (χ1v) is 10.6. The minimum atomic E-state index is 0.00503. The van der Waals surface area contributed by atoms with Crippen LogP contribution in [0.1, 0.15) is 16.1 Å². The highest BCUT2D eigenvalue weighted by Crippen LogP contribution is 2.29. The van der Waals surface area contributed by atoms with Gasteiger partial charge >= 0.3 is 0 Å². The maximum atomic E-state index is 12.5. The Morgan fingerprint density at radius 2 is 2.22 bits per heavy atom. The number of thioether (sulfide) groups is 1. The van der Waals surface area contributed by atoms with E-state index in [0.717, 1.165) is 50.7 Å². The Balaban J connectivity index is 1.42. The van der Waals surface area contributed by atoms with E-state index in [0.29, 0.717) is 0 Å². The van der Waals surface area contributed by atoms with Gasteiger partial charge < -0.3 is 5.32 Å². The van der Waals surface area contributed by atoms with Crippen molar-refractivity contribution in [1.82, 2.24) is 30.1 Å². The van der Waals surface area contributed by atoms with Crippen LogP contribution in [0.15, 0.2) is 42.4 Å². The lowest BCUT2D eigenvalue weighted by molar-refractivity contribution is 0.0945. The lowest BCUT2D eigenvalue weighted by Crippen LogP contribution is -2.34. The van der Waals surface area contributed by atoms with Crippen LogP contribution in [-0.2, 0) is 0 Å². The van der Waals surface area contributed by atoms with Gasteiger partial charge in [-0.05, 0) is 29.2 Å². The van der Waals surface area contributed by atoms with Crippen molar-refractivity contribution < 1.29 is 4.79 Å². The van der Waals surface area contributed by atoms with Gasteiger partial charge in [-0.25, -0.2) is 9.50 Å². The maximum absolute atomic E-state index is 12.5. The predicted octanol–water partition coefficient (Wildman–Crippen LogP) is 3.08. The Morgan fingerprint density at radius 1 is 1.26 bits per heavy atom. The predicted molar refractivity (Wildman–Crippen MR) is 107 cm³/mol. The van der Waals surface area contributed by atoms with E-state index in [1.165, 1.54) is 11.3 Å². The zero-order chi connectivity index (χ0) is 18.2. The number of amides is 1. The van der Waals surface area contributed by atoms with E-state index < -0.39 is 0 Å². The number of nitrogens with one attached hydrogen (secondary N) is 2. The molecule has 1 saturated heterocycles. The van der Waals surface area contributed by atoms with E-state index in [1.54, 1.807) is 16.9 Å². The molecule has 0 spiro atoms. The third-order valence-corrected chi connectivity index (χ3v) is 6.68. The van der Waals surface area contributed by atoms with Crippen LogP contribution in [0, 0.1) is 0 Å². The Morgan fingerprint density at radius 3 is 3.04 bits per heavy atom. The molecule has 136 valence electrons. The largest absolute Gasteiger partial charge is 0.348 e. The summed E-state index contributed by atoms with van der Waals surface area (Å²) in [5.74, 6) is 2.13. The molecule has 1 fully saturated rings. The zero-order valence-corrected chi connectivity index (χ0v) is 15.9. The Labute approximate surface area is 163 Å². The smallest absolute Gasteiger partial charge is 0.261 e. The minimum absolute atomic E-state index is 0.00503. The van der Waals surface area contributed by atoms with Gasteiger partial charge in [0.2, 0.25) is 0 Å². The van der Waals surface area contributed by atoms with E-state index in [2.05, 4.69) is 25.6 Å². The highest BCUT2D eigenvalue weighted by molar-refractivity contribution is 7.99. The van der Waals surface area contributed by atoms with Crippen LogP contribution in [0.4, 0.5) is 0 Å². The molecule has 1 aliphatic heterocycles. The number of H-pyrrole nitrogens is 1. The summed E-state index contributed by atoms with van der Waals surface area (Å²) < 4.78 is 1.75. The molecule has 5 heterocycles. The van der Waals surface area contributed by atoms with Crippen LogP contribution in [0.25, 0.3) is 27.9 Å². The summed E-state index contributed by atoms with van der Waals surface area (Å²) in [5, 5.41) is 16.3. The highest BCUT2D eigenvalue weighted by atomic mass is 32.2. The van der Waals surface area contributed by atoms with Crippen molar-refractivity contribution >= 4 is 34.7 Å². The zero-order valence-electron chi connectivity index (χ0n) is 14.3. The number of thiophene rings is 1. The number of aromatic amines is 1. The average Bonchev–Trinajstić information content (AvgIpc) is 3.47. The summed E-state index contributed by atoms with van der Waals surface area (Å²) in [4.78, 5) is 17.8. The molecule has 0 bridgehead atoms. The number of nitrogens with zero attached hydrogens (tertiary/aromatic N) is 4. The molecule has 7 nitrogen and oxygen atoms in total. The highest BCUT2D eigenvalue weighted by Gasteiger charge is 2.20. The van der Waals surface area contributed by atoms with Crippen LogP contribution < -0.4 is 5.32 Å². The molecule has 0 aliphatic carbocycles. The standard InChI is InChI=1S/C18H16N6OS2/c25-18(23-14-1-2-26-10-14)16-3-11(9-27-16)15-7-22-24-8-13(4-19-17(15)24)12-5-20-21-6-12/h3-9,14H,1-2,10H2,(H,20,21)(H,23,25). The first kappa shape index (κ1) is 16.5. The van der Waals surface area contributed by atoms with E-state index in [4.69, 9.17) is 0 Å². The van der Waals surface area contributed by atoms with Gasteiger partial charge in [0.1, 0.15) is 0 Å². The van der Waals surface area contributed by atoms with Gasteiger partial charge in [0.15, 0.2) is 5.65 Å². The van der Waals surface area contributed by atoms with E-state index >= 15 is 0 Å². The monoisotopic (exact) mass is 396 g/mol. The molecule has 0 aromatic carbocycles. The number of hydrogen-bond acceptors (Lipinski definition) is 6. The quantitative estimate of drug-likeness (QED) is 0.553. The molecule has 27 heavy (non-hydrogen) atoms. The van der Waals surface area contributed by atoms with Gasteiger partial charge in [0.05, 0.1) is 17.3 Å². The Hall–Kier alpha value is -2.65. The van der Waals surface area contributed by atoms with E-state index in [-0.39, 0.29) is 11.9 Å². The maximum Gasteiger partial charge on any atom is 0.261 e. The number of aromatic nitrogens is 5. The topological polar surface area (TPSA) is 88.0 Å². The molecule has 1 atom stereocenters. The summed E-state index contributed by atoms with van der Waals surface area (Å²) in [6, 6.07) is 2.21. The summed E-state index contributed by atoms with van der Waals surface area (Å²) in [6.07, 6.45) is 10.1. The fraction of sp³-hybridized carbons (Fsp3) is 0.222. The second-order valence-corrected chi connectivity index (χ2v) is 8.45. The second kappa shape index (κ2) is 6.82. The molecule has 2 N–H and O–H groups in total. The summed E-state index contributed by atoms with van der Waals surface area (Å²) in [6.45, 7) is 0. The Kier molecular flexibility index (Phi) is 4.17. The van der Waals surface area contributed by atoms with Crippen LogP contribution in [0.5, 0.6) is 0 Å². The molecular formula is C18H16N6OS2. The summed E-state index contributed by atoms with van der Waals surface area (Å²) >= 11 is 3.34. The first-order valence-electron chi connectivity index (χ1n) is 8.58. The lowest BCUT2D eigenvalue weighted by Gasteiger charge is -2.09. The average molecular weight is 397 g/mol. The molecule has 4 aromatic rings. The molecule has 9 heteroatoms. The molecular weight excluding hydrogens is 380 g/mol. The summed E-state index contributed by atoms with van der Waals surface area (Å²) in [5.41, 5.74) is 4.54. The molecule has 0 saturated carbocycles. The number of fused-ring (bicyclic) bond motifs is 1. The SMILES string of the molecule is O=C(NC1CCSC1)c1cc(-c2cnn3cc(-c4cn[nH]c4)cnc23)cs1. The number of carbonyl (C=O) groups excluding carboxylic acids is 1. The molecule has 5 rings (SSSR count). The van der Waals surface area contributed by atoms with Crippen LogP contribution in [0.3, 0.4) is 0 Å². The minimum Gasteiger partial charge on any atom is -0.348 e. The molecule has 1 amide bonds. The molecule has 1 unspecified atom stereocenters. The van der Waals surface area contributed by atoms with Gasteiger partial charge in [-0.3, -0.25) is 9.89 Å². The molecule has 1 aliphatic rings. The third-order valence-electron chi connectivity index (χ3n) is 4.59. The van der Waals surface area contributed by atoms with Gasteiger partial charge in [0, 0.05) is 47.1 Å². The van der Waals surface area contributed by atoms with Crippen LogP contribution >= 0.6 is 23.1 Å². The van der Waals surface area contributed by atoms with Crippen molar-refractivity contribution in [3.05, 3.63) is 47.3 Å². The van der Waals surface area contributed by atoms with Crippen molar-refractivity contribution in [3.8, 4) is 22.3 Å². The van der Waals surface area contributed by atoms with Gasteiger partial charge in [0.25, 0.3) is 5.91 Å². The van der Waals surface area contributed by atoms with Gasteiger partial charge in [-0.2, -0.15) is 22.0 Å². The molecule has 0 radical (unpaired) electrons. The third kappa shape index (κ3) is 3.13. The number of carbonyl (C=O) groups is 1. The van der Waals surface area contributed by atoms with Crippen molar-refractivity contribution in [3.63, 3.8) is 0 Å². The van der Waals surface area contributed by atoms with Crippen LogP contribution in [0.2, 0.25) is 0 Å². The Bertz CT molecular complexity index is 1090. The molecule has 4 aromatic heterocycles. The number of rotatable bonds is 4. The van der Waals surface area contributed by atoms with Crippen LogP contribution in [-0.4, -0.2) is 48.3 Å². The fourth-order valence-electron chi connectivity index (χ4n) is 3.14. The second-order valence-electron chi connectivity index (χ2n) is 6.39. The lowest BCUT2D eigenvalue weighted by atomic mass is 10.1.